The van der Waals surface area contributed by atoms with Crippen LogP contribution < -0.4 is 0 Å². The second kappa shape index (κ2) is 8.68. The van der Waals surface area contributed by atoms with Gasteiger partial charge in [0.25, 0.3) is 0 Å². The van der Waals surface area contributed by atoms with Crippen molar-refractivity contribution in [2.24, 2.45) is 17.3 Å². The lowest BCUT2D eigenvalue weighted by Crippen LogP contribution is -2.52. The lowest BCUT2D eigenvalue weighted by atomic mass is 9.55. The molecule has 1 aliphatic heterocycles. The van der Waals surface area contributed by atoms with Gasteiger partial charge in [0.15, 0.2) is 0 Å². The Hall–Kier alpha value is -0.860. The summed E-state index contributed by atoms with van der Waals surface area (Å²) in [6.07, 6.45) is 6.43. The van der Waals surface area contributed by atoms with Crippen LogP contribution in [-0.2, 0) is 4.74 Å². The molecule has 1 saturated carbocycles. The van der Waals surface area contributed by atoms with Gasteiger partial charge in [0, 0.05) is 19.8 Å². The predicted molar refractivity (Wildman–Crippen MR) is 106 cm³/mol. The Kier molecular flexibility index (Phi) is 6.57. The van der Waals surface area contributed by atoms with Crippen LogP contribution in [0.15, 0.2) is 30.3 Å². The molecule has 0 aromatic heterocycles. The van der Waals surface area contributed by atoms with Crippen LogP contribution in [0.5, 0.6) is 0 Å². The zero-order valence-electron chi connectivity index (χ0n) is 16.5. The molecule has 25 heavy (non-hydrogen) atoms. The molecule has 0 spiro atoms. The Labute approximate surface area is 154 Å². The summed E-state index contributed by atoms with van der Waals surface area (Å²) in [5.41, 5.74) is 1.98. The summed E-state index contributed by atoms with van der Waals surface area (Å²) in [4.78, 5) is 2.72. The molecule has 1 heterocycles. The maximum absolute atomic E-state index is 5.90. The van der Waals surface area contributed by atoms with Crippen molar-refractivity contribution >= 4 is 0 Å². The van der Waals surface area contributed by atoms with Crippen molar-refractivity contribution in [1.29, 1.82) is 0 Å². The number of unbranched alkanes of at least 4 members (excludes halogenated alkanes) is 1. The van der Waals surface area contributed by atoms with E-state index in [0.717, 1.165) is 31.0 Å². The van der Waals surface area contributed by atoms with E-state index in [1.54, 1.807) is 0 Å². The monoisotopic (exact) mass is 343 g/mol. The second-order valence-corrected chi connectivity index (χ2v) is 8.86. The van der Waals surface area contributed by atoms with Crippen molar-refractivity contribution in [2.45, 2.75) is 58.8 Å². The van der Waals surface area contributed by atoms with Crippen molar-refractivity contribution in [2.75, 3.05) is 32.8 Å². The number of benzene rings is 1. The van der Waals surface area contributed by atoms with Gasteiger partial charge in [0.05, 0.1) is 0 Å². The first-order chi connectivity index (χ1) is 12.1. The van der Waals surface area contributed by atoms with Crippen molar-refractivity contribution in [3.8, 4) is 0 Å². The number of likely N-dealkylation sites (tertiary alicyclic amines) is 1. The highest BCUT2D eigenvalue weighted by Crippen LogP contribution is 2.51. The van der Waals surface area contributed by atoms with Crippen molar-refractivity contribution in [3.05, 3.63) is 35.9 Å². The standard InChI is InChI=1S/C23H37NO/c1-4-5-15-25-18-22-16-21(23(22,2)3)17-24-13-11-20(12-14-24)19-9-7-6-8-10-19/h6-10,20-22H,4-5,11-18H2,1-3H3/t21-,22+/m0/s1. The fourth-order valence-corrected chi connectivity index (χ4v) is 4.67. The molecule has 2 fully saturated rings. The number of ether oxygens (including phenoxy) is 1. The molecule has 3 rings (SSSR count). The van der Waals surface area contributed by atoms with E-state index in [1.165, 1.54) is 57.3 Å². The molecule has 2 atom stereocenters. The Morgan fingerprint density at radius 2 is 1.80 bits per heavy atom. The van der Waals surface area contributed by atoms with E-state index in [2.05, 4.69) is 56.0 Å². The van der Waals surface area contributed by atoms with Gasteiger partial charge in [-0.3, -0.25) is 0 Å². The maximum atomic E-state index is 5.90. The lowest BCUT2D eigenvalue weighted by Gasteiger charge is -2.54. The molecule has 2 nitrogen and oxygen atoms in total. The third kappa shape index (κ3) is 4.65. The molecule has 2 heteroatoms. The zero-order valence-corrected chi connectivity index (χ0v) is 16.5. The fourth-order valence-electron chi connectivity index (χ4n) is 4.67. The van der Waals surface area contributed by atoms with Gasteiger partial charge in [0.1, 0.15) is 0 Å². The lowest BCUT2D eigenvalue weighted by molar-refractivity contribution is -0.0844. The minimum atomic E-state index is 0.447. The van der Waals surface area contributed by atoms with Crippen LogP contribution in [0.25, 0.3) is 0 Å². The summed E-state index contributed by atoms with van der Waals surface area (Å²) in [6, 6.07) is 11.1. The first kappa shape index (κ1) is 18.9. The van der Waals surface area contributed by atoms with E-state index in [1.807, 2.05) is 0 Å². The molecule has 1 saturated heterocycles. The average molecular weight is 344 g/mol. The third-order valence-electron chi connectivity index (χ3n) is 6.97. The Balaban J connectivity index is 1.39. The Morgan fingerprint density at radius 1 is 1.08 bits per heavy atom. The van der Waals surface area contributed by atoms with Gasteiger partial charge in [-0.25, -0.2) is 0 Å². The van der Waals surface area contributed by atoms with E-state index < -0.39 is 0 Å². The number of hydrogen-bond donors (Lipinski definition) is 0. The van der Waals surface area contributed by atoms with E-state index in [9.17, 15) is 0 Å². The molecule has 0 radical (unpaired) electrons. The topological polar surface area (TPSA) is 12.5 Å². The van der Waals surface area contributed by atoms with Crippen LogP contribution >= 0.6 is 0 Å². The van der Waals surface area contributed by atoms with Gasteiger partial charge in [-0.1, -0.05) is 57.5 Å². The normalized spacial score (nSPS) is 27.2. The van der Waals surface area contributed by atoms with Gasteiger partial charge in [0.2, 0.25) is 0 Å². The van der Waals surface area contributed by atoms with Crippen LogP contribution in [0.4, 0.5) is 0 Å². The van der Waals surface area contributed by atoms with Crippen LogP contribution in [0.1, 0.15) is 64.4 Å². The summed E-state index contributed by atoms with van der Waals surface area (Å²) in [5, 5.41) is 0. The van der Waals surface area contributed by atoms with Crippen LogP contribution in [-0.4, -0.2) is 37.7 Å². The van der Waals surface area contributed by atoms with Crippen LogP contribution in [0.3, 0.4) is 0 Å². The highest BCUT2D eigenvalue weighted by molar-refractivity contribution is 5.20. The average Bonchev–Trinajstić information content (AvgIpc) is 2.64. The first-order valence-electron chi connectivity index (χ1n) is 10.5. The summed E-state index contributed by atoms with van der Waals surface area (Å²) < 4.78 is 5.90. The molecule has 0 amide bonds. The minimum Gasteiger partial charge on any atom is -0.381 e. The second-order valence-electron chi connectivity index (χ2n) is 8.86. The molecular weight excluding hydrogens is 306 g/mol. The van der Waals surface area contributed by atoms with Crippen LogP contribution in [0.2, 0.25) is 0 Å². The largest absolute Gasteiger partial charge is 0.381 e. The van der Waals surface area contributed by atoms with Gasteiger partial charge in [-0.15, -0.1) is 0 Å². The van der Waals surface area contributed by atoms with E-state index in [4.69, 9.17) is 4.74 Å². The Bertz CT molecular complexity index is 504. The maximum Gasteiger partial charge on any atom is 0.0499 e. The molecule has 0 N–H and O–H groups in total. The van der Waals surface area contributed by atoms with Crippen LogP contribution in [0, 0.1) is 17.3 Å². The SMILES string of the molecule is CCCCOC[C@H]1C[C@@H](CN2CCC(c3ccccc3)CC2)C1(C)C. The molecule has 1 aromatic carbocycles. The Morgan fingerprint density at radius 3 is 2.44 bits per heavy atom. The number of hydrogen-bond acceptors (Lipinski definition) is 2. The smallest absolute Gasteiger partial charge is 0.0499 e. The minimum absolute atomic E-state index is 0.447. The summed E-state index contributed by atoms with van der Waals surface area (Å²) in [5.74, 6) is 2.38. The van der Waals surface area contributed by atoms with Crippen molar-refractivity contribution in [1.82, 2.24) is 4.90 Å². The number of nitrogens with zero attached hydrogens (tertiary/aromatic N) is 1. The van der Waals surface area contributed by atoms with Gasteiger partial charge < -0.3 is 9.64 Å². The van der Waals surface area contributed by atoms with Crippen molar-refractivity contribution < 1.29 is 4.74 Å². The quantitative estimate of drug-likeness (QED) is 0.590. The van der Waals surface area contributed by atoms with Crippen molar-refractivity contribution in [3.63, 3.8) is 0 Å². The zero-order chi connectivity index (χ0) is 17.7. The molecular formula is C23H37NO. The summed E-state index contributed by atoms with van der Waals surface area (Å²) >= 11 is 0. The molecule has 140 valence electrons. The molecule has 0 unspecified atom stereocenters. The molecule has 1 aromatic rings. The molecule has 0 bridgehead atoms. The molecule has 2 aliphatic rings. The van der Waals surface area contributed by atoms with E-state index >= 15 is 0 Å². The third-order valence-corrected chi connectivity index (χ3v) is 6.97. The highest BCUT2D eigenvalue weighted by atomic mass is 16.5. The number of rotatable bonds is 8. The van der Waals surface area contributed by atoms with E-state index in [0.29, 0.717) is 5.41 Å². The van der Waals surface area contributed by atoms with Gasteiger partial charge in [-0.2, -0.15) is 0 Å². The summed E-state index contributed by atoms with van der Waals surface area (Å²) in [6.45, 7) is 12.9. The molecule has 1 aliphatic carbocycles. The highest BCUT2D eigenvalue weighted by Gasteiger charge is 2.48. The van der Waals surface area contributed by atoms with Gasteiger partial charge in [-0.05, 0) is 67.5 Å². The van der Waals surface area contributed by atoms with Gasteiger partial charge >= 0.3 is 0 Å². The summed E-state index contributed by atoms with van der Waals surface area (Å²) in [7, 11) is 0. The number of piperidine rings is 1. The van der Waals surface area contributed by atoms with E-state index in [-0.39, 0.29) is 0 Å². The predicted octanol–water partition coefficient (Wildman–Crippen LogP) is 5.35. The fraction of sp³-hybridized carbons (Fsp3) is 0.739. The first-order valence-corrected chi connectivity index (χ1v) is 10.5.